The zero-order valence-corrected chi connectivity index (χ0v) is 13.8. The van der Waals surface area contributed by atoms with Gasteiger partial charge in [-0.3, -0.25) is 0 Å². The third-order valence-corrected chi connectivity index (χ3v) is 3.31. The minimum absolute atomic E-state index is 0.0705. The summed E-state index contributed by atoms with van der Waals surface area (Å²) in [5, 5.41) is 2.92. The Bertz CT molecular complexity index is 500. The van der Waals surface area contributed by atoms with Crippen LogP contribution >= 0.6 is 0 Å². The molecule has 2 amide bonds. The van der Waals surface area contributed by atoms with E-state index in [9.17, 15) is 4.79 Å². The number of rotatable bonds is 4. The summed E-state index contributed by atoms with van der Waals surface area (Å²) in [7, 11) is 0. The number of carbonyl (C=O) groups excluding carboxylic acids is 1. The smallest absolute Gasteiger partial charge is 0.317 e. The SMILES string of the molecule is CC(C)Oc1ccc(CNC(=O)N2CCOC(C)(C)C2)cn1. The highest BCUT2D eigenvalue weighted by Crippen LogP contribution is 2.16. The first-order chi connectivity index (χ1) is 10.4. The van der Waals surface area contributed by atoms with E-state index in [1.807, 2.05) is 39.8 Å². The molecular formula is C16H25N3O3. The number of urea groups is 1. The molecule has 0 aromatic carbocycles. The van der Waals surface area contributed by atoms with Crippen molar-refractivity contribution in [3.63, 3.8) is 0 Å². The first kappa shape index (κ1) is 16.5. The second-order valence-electron chi connectivity index (χ2n) is 6.36. The van der Waals surface area contributed by atoms with Crippen molar-refractivity contribution in [3.8, 4) is 5.88 Å². The predicted molar refractivity (Wildman–Crippen MR) is 83.8 cm³/mol. The maximum atomic E-state index is 12.2. The third-order valence-electron chi connectivity index (χ3n) is 3.31. The summed E-state index contributed by atoms with van der Waals surface area (Å²) in [6.45, 7) is 10.1. The van der Waals surface area contributed by atoms with E-state index in [0.29, 0.717) is 32.1 Å². The second kappa shape index (κ2) is 6.96. The third kappa shape index (κ3) is 4.87. The van der Waals surface area contributed by atoms with Crippen molar-refractivity contribution in [2.45, 2.75) is 45.9 Å². The standard InChI is InChI=1S/C16H25N3O3/c1-12(2)22-14-6-5-13(9-17-14)10-18-15(20)19-7-8-21-16(3,4)11-19/h5-6,9,12H,7-8,10-11H2,1-4H3,(H,18,20). The number of ether oxygens (including phenoxy) is 2. The molecular weight excluding hydrogens is 282 g/mol. The highest BCUT2D eigenvalue weighted by atomic mass is 16.5. The van der Waals surface area contributed by atoms with Gasteiger partial charge in [-0.15, -0.1) is 0 Å². The molecule has 122 valence electrons. The van der Waals surface area contributed by atoms with Crippen LogP contribution in [-0.2, 0) is 11.3 Å². The number of pyridine rings is 1. The van der Waals surface area contributed by atoms with Crippen LogP contribution in [0.3, 0.4) is 0 Å². The van der Waals surface area contributed by atoms with Crippen molar-refractivity contribution in [3.05, 3.63) is 23.9 Å². The number of morpholine rings is 1. The van der Waals surface area contributed by atoms with Crippen molar-refractivity contribution in [1.82, 2.24) is 15.2 Å². The fourth-order valence-electron chi connectivity index (χ4n) is 2.31. The van der Waals surface area contributed by atoms with E-state index in [-0.39, 0.29) is 17.7 Å². The van der Waals surface area contributed by atoms with Crippen LogP contribution in [0.1, 0.15) is 33.3 Å². The summed E-state index contributed by atoms with van der Waals surface area (Å²) < 4.78 is 11.1. The molecule has 22 heavy (non-hydrogen) atoms. The molecule has 0 saturated carbocycles. The van der Waals surface area contributed by atoms with Crippen molar-refractivity contribution in [1.29, 1.82) is 0 Å². The average Bonchev–Trinajstić information content (AvgIpc) is 2.44. The molecule has 1 aromatic heterocycles. The van der Waals surface area contributed by atoms with Crippen molar-refractivity contribution < 1.29 is 14.3 Å². The number of hydrogen-bond acceptors (Lipinski definition) is 4. The largest absolute Gasteiger partial charge is 0.475 e. The van der Waals surface area contributed by atoms with E-state index in [1.54, 1.807) is 11.1 Å². The minimum atomic E-state index is -0.285. The van der Waals surface area contributed by atoms with Crippen LogP contribution in [-0.4, -0.2) is 47.3 Å². The number of aromatic nitrogens is 1. The Hall–Kier alpha value is -1.82. The molecule has 1 aliphatic heterocycles. The van der Waals surface area contributed by atoms with Crippen LogP contribution in [0, 0.1) is 0 Å². The molecule has 1 saturated heterocycles. The molecule has 0 spiro atoms. The molecule has 0 bridgehead atoms. The Morgan fingerprint density at radius 1 is 1.50 bits per heavy atom. The molecule has 6 nitrogen and oxygen atoms in total. The summed E-state index contributed by atoms with van der Waals surface area (Å²) >= 11 is 0. The lowest BCUT2D eigenvalue weighted by Crippen LogP contribution is -2.53. The maximum absolute atomic E-state index is 12.2. The first-order valence-electron chi connectivity index (χ1n) is 7.64. The molecule has 1 N–H and O–H groups in total. The average molecular weight is 307 g/mol. The lowest BCUT2D eigenvalue weighted by atomic mass is 10.1. The van der Waals surface area contributed by atoms with Crippen LogP contribution in [0.15, 0.2) is 18.3 Å². The van der Waals surface area contributed by atoms with Crippen molar-refractivity contribution in [2.24, 2.45) is 0 Å². The van der Waals surface area contributed by atoms with Crippen LogP contribution in [0.4, 0.5) is 4.79 Å². The highest BCUT2D eigenvalue weighted by molar-refractivity contribution is 5.74. The van der Waals surface area contributed by atoms with Gasteiger partial charge in [-0.05, 0) is 33.3 Å². The Balaban J connectivity index is 1.83. The van der Waals surface area contributed by atoms with Gasteiger partial charge >= 0.3 is 6.03 Å². The van der Waals surface area contributed by atoms with Gasteiger partial charge in [0.15, 0.2) is 0 Å². The Labute approximate surface area is 131 Å². The number of nitrogens with one attached hydrogen (secondary N) is 1. The number of carbonyl (C=O) groups is 1. The molecule has 0 radical (unpaired) electrons. The van der Waals surface area contributed by atoms with Crippen molar-refractivity contribution >= 4 is 6.03 Å². The highest BCUT2D eigenvalue weighted by Gasteiger charge is 2.29. The van der Waals surface area contributed by atoms with Crippen LogP contribution in [0.2, 0.25) is 0 Å². The Morgan fingerprint density at radius 2 is 2.27 bits per heavy atom. The van der Waals surface area contributed by atoms with E-state index >= 15 is 0 Å². The molecule has 2 rings (SSSR count). The number of nitrogens with zero attached hydrogens (tertiary/aromatic N) is 2. The summed E-state index contributed by atoms with van der Waals surface area (Å²) in [6.07, 6.45) is 1.82. The van der Waals surface area contributed by atoms with Crippen LogP contribution < -0.4 is 10.1 Å². The lowest BCUT2D eigenvalue weighted by Gasteiger charge is -2.38. The topological polar surface area (TPSA) is 63.7 Å². The van der Waals surface area contributed by atoms with E-state index in [1.165, 1.54) is 0 Å². The molecule has 2 heterocycles. The van der Waals surface area contributed by atoms with Gasteiger partial charge in [0.2, 0.25) is 5.88 Å². The first-order valence-corrected chi connectivity index (χ1v) is 7.64. The lowest BCUT2D eigenvalue weighted by molar-refractivity contribution is -0.0733. The fourth-order valence-corrected chi connectivity index (χ4v) is 2.31. The van der Waals surface area contributed by atoms with Gasteiger partial charge in [0.1, 0.15) is 0 Å². The molecule has 0 atom stereocenters. The van der Waals surface area contributed by atoms with Gasteiger partial charge in [-0.25, -0.2) is 9.78 Å². The molecule has 6 heteroatoms. The minimum Gasteiger partial charge on any atom is -0.475 e. The normalized spacial score (nSPS) is 17.4. The van der Waals surface area contributed by atoms with Gasteiger partial charge in [0, 0.05) is 25.4 Å². The second-order valence-corrected chi connectivity index (χ2v) is 6.36. The zero-order valence-electron chi connectivity index (χ0n) is 13.8. The molecule has 1 aromatic rings. The summed E-state index contributed by atoms with van der Waals surface area (Å²) in [5.41, 5.74) is 0.657. The van der Waals surface area contributed by atoms with Gasteiger partial charge in [0.25, 0.3) is 0 Å². The van der Waals surface area contributed by atoms with E-state index in [4.69, 9.17) is 9.47 Å². The van der Waals surface area contributed by atoms with E-state index < -0.39 is 0 Å². The number of hydrogen-bond donors (Lipinski definition) is 1. The summed E-state index contributed by atoms with van der Waals surface area (Å²) in [4.78, 5) is 18.2. The van der Waals surface area contributed by atoms with Gasteiger partial charge in [-0.2, -0.15) is 0 Å². The molecule has 1 aliphatic rings. The van der Waals surface area contributed by atoms with Gasteiger partial charge < -0.3 is 19.7 Å². The van der Waals surface area contributed by atoms with Crippen LogP contribution in [0.5, 0.6) is 5.88 Å². The number of amides is 2. The fraction of sp³-hybridized carbons (Fsp3) is 0.625. The molecule has 0 aliphatic carbocycles. The van der Waals surface area contributed by atoms with E-state index in [0.717, 1.165) is 5.56 Å². The summed E-state index contributed by atoms with van der Waals surface area (Å²) in [6, 6.07) is 3.66. The van der Waals surface area contributed by atoms with Gasteiger partial charge in [0.05, 0.1) is 24.9 Å². The monoisotopic (exact) mass is 307 g/mol. The molecule has 0 unspecified atom stereocenters. The zero-order chi connectivity index (χ0) is 16.2. The van der Waals surface area contributed by atoms with Gasteiger partial charge in [-0.1, -0.05) is 6.07 Å². The van der Waals surface area contributed by atoms with E-state index in [2.05, 4.69) is 10.3 Å². The van der Waals surface area contributed by atoms with Crippen molar-refractivity contribution in [2.75, 3.05) is 19.7 Å². The Kier molecular flexibility index (Phi) is 5.24. The van der Waals surface area contributed by atoms with Crippen LogP contribution in [0.25, 0.3) is 0 Å². The quantitative estimate of drug-likeness (QED) is 0.926. The Morgan fingerprint density at radius 3 is 2.86 bits per heavy atom. The maximum Gasteiger partial charge on any atom is 0.317 e. The molecule has 1 fully saturated rings. The predicted octanol–water partition coefficient (Wildman–Crippen LogP) is 2.19. The summed E-state index contributed by atoms with van der Waals surface area (Å²) in [5.74, 6) is 0.597.